The average Bonchev–Trinajstić information content (AvgIpc) is 3.31. The fourth-order valence-corrected chi connectivity index (χ4v) is 5.12. The monoisotopic (exact) mass is 484 g/mol. The lowest BCUT2D eigenvalue weighted by Gasteiger charge is -2.37. The highest BCUT2D eigenvalue weighted by Crippen LogP contribution is 2.34. The Labute approximate surface area is 207 Å². The molecule has 34 heavy (non-hydrogen) atoms. The molecule has 1 aromatic carbocycles. The Morgan fingerprint density at radius 2 is 2.09 bits per heavy atom. The van der Waals surface area contributed by atoms with E-state index in [2.05, 4.69) is 43.3 Å². The summed E-state index contributed by atoms with van der Waals surface area (Å²) < 4.78 is 11.4. The summed E-state index contributed by atoms with van der Waals surface area (Å²) in [6.07, 6.45) is 5.34. The largest absolute Gasteiger partial charge is 0.491 e. The van der Waals surface area contributed by atoms with Gasteiger partial charge in [0.25, 0.3) is 0 Å². The molecule has 6 nitrogen and oxygen atoms in total. The number of aliphatic hydroxyl groups excluding tert-OH is 1. The number of rotatable bonds is 12. The van der Waals surface area contributed by atoms with Crippen LogP contribution in [0.25, 0.3) is 0 Å². The lowest BCUT2D eigenvalue weighted by atomic mass is 10.00. The molecule has 0 aliphatic carbocycles. The Bertz CT molecular complexity index is 950. The zero-order valence-electron chi connectivity index (χ0n) is 20.4. The molecule has 0 spiro atoms. The molecule has 184 valence electrons. The van der Waals surface area contributed by atoms with E-state index < -0.39 is 6.10 Å². The maximum atomic E-state index is 13.4. The molecule has 1 aliphatic heterocycles. The number of thiophene rings is 1. The average molecular weight is 485 g/mol. The van der Waals surface area contributed by atoms with Crippen LogP contribution < -0.4 is 4.74 Å². The van der Waals surface area contributed by atoms with Crippen LogP contribution in [0.4, 0.5) is 0 Å². The van der Waals surface area contributed by atoms with Gasteiger partial charge in [-0.1, -0.05) is 38.8 Å². The number of likely N-dealkylation sites (N-methyl/N-ethyl adjacent to an activating group) is 1. The summed E-state index contributed by atoms with van der Waals surface area (Å²) in [6.45, 7) is 8.96. The zero-order chi connectivity index (χ0) is 24.5. The third-order valence-corrected chi connectivity index (χ3v) is 7.14. The van der Waals surface area contributed by atoms with Crippen LogP contribution in [0, 0.1) is 12.3 Å². The number of carbonyl (C=O) groups excluding carboxylic acids is 1. The topological polar surface area (TPSA) is 62.2 Å². The molecule has 0 saturated carbocycles. The highest BCUT2D eigenvalue weighted by molar-refractivity contribution is 7.10. The molecule has 1 amide bonds. The molecular weight excluding hydrogens is 448 g/mol. The number of aliphatic hydroxyl groups is 1. The van der Waals surface area contributed by atoms with E-state index in [1.54, 1.807) is 11.3 Å². The van der Waals surface area contributed by atoms with Crippen molar-refractivity contribution in [2.75, 3.05) is 46.0 Å². The van der Waals surface area contributed by atoms with Crippen LogP contribution in [0.2, 0.25) is 0 Å². The highest BCUT2D eigenvalue weighted by atomic mass is 32.1. The molecule has 2 atom stereocenters. The van der Waals surface area contributed by atoms with Gasteiger partial charge in [-0.25, -0.2) is 0 Å². The molecule has 0 fully saturated rings. The molecule has 1 aliphatic rings. The summed E-state index contributed by atoms with van der Waals surface area (Å²) in [5, 5.41) is 12.3. The Morgan fingerprint density at radius 1 is 1.32 bits per heavy atom. The van der Waals surface area contributed by atoms with Crippen molar-refractivity contribution < 1.29 is 19.4 Å². The van der Waals surface area contributed by atoms with Crippen LogP contribution in [-0.4, -0.2) is 72.9 Å². The first kappa shape index (κ1) is 26.2. The minimum absolute atomic E-state index is 0.0409. The van der Waals surface area contributed by atoms with Crippen molar-refractivity contribution in [3.05, 3.63) is 51.7 Å². The molecule has 1 aromatic heterocycles. The van der Waals surface area contributed by atoms with Gasteiger partial charge < -0.3 is 19.5 Å². The Morgan fingerprint density at radius 3 is 2.76 bits per heavy atom. The van der Waals surface area contributed by atoms with Gasteiger partial charge in [0, 0.05) is 18.0 Å². The summed E-state index contributed by atoms with van der Waals surface area (Å²) >= 11 is 1.74. The van der Waals surface area contributed by atoms with Gasteiger partial charge in [0.1, 0.15) is 19.0 Å². The van der Waals surface area contributed by atoms with Crippen molar-refractivity contribution in [3.63, 3.8) is 0 Å². The summed E-state index contributed by atoms with van der Waals surface area (Å²) in [5.41, 5.74) is 2.45. The number of fused-ring (bicyclic) bond motifs is 1. The van der Waals surface area contributed by atoms with Crippen molar-refractivity contribution in [2.45, 2.75) is 45.3 Å². The van der Waals surface area contributed by atoms with E-state index in [4.69, 9.17) is 15.9 Å². The highest BCUT2D eigenvalue weighted by Gasteiger charge is 2.33. The van der Waals surface area contributed by atoms with Gasteiger partial charge in [-0.05, 0) is 53.6 Å². The number of hydrogen-bond donors (Lipinski definition) is 1. The van der Waals surface area contributed by atoms with Gasteiger partial charge in [-0.3, -0.25) is 9.69 Å². The minimum Gasteiger partial charge on any atom is -0.491 e. The summed E-state index contributed by atoms with van der Waals surface area (Å²) in [6, 6.07) is 10.2. The normalized spacial score (nSPS) is 16.4. The van der Waals surface area contributed by atoms with Crippen LogP contribution >= 0.6 is 11.3 Å². The molecular formula is C27H36N2O4S. The third kappa shape index (κ3) is 7.07. The van der Waals surface area contributed by atoms with Gasteiger partial charge >= 0.3 is 0 Å². The lowest BCUT2D eigenvalue weighted by molar-refractivity contribution is -0.136. The maximum absolute atomic E-state index is 13.4. The SMILES string of the molecule is C#CCOCC(O)CN(CC)CC(=O)N1CCc2sccc2C1COc1ccc(C(C)C)cc1. The number of carbonyl (C=O) groups is 1. The molecule has 2 heterocycles. The lowest BCUT2D eigenvalue weighted by Crippen LogP contribution is -2.48. The predicted molar refractivity (Wildman–Crippen MR) is 136 cm³/mol. The van der Waals surface area contributed by atoms with Crippen molar-refractivity contribution in [1.29, 1.82) is 0 Å². The number of terminal acetylenes is 1. The van der Waals surface area contributed by atoms with E-state index in [9.17, 15) is 9.90 Å². The van der Waals surface area contributed by atoms with Crippen molar-refractivity contribution in [2.24, 2.45) is 0 Å². The van der Waals surface area contributed by atoms with E-state index in [0.29, 0.717) is 32.2 Å². The number of ether oxygens (including phenoxy) is 2. The first-order valence-electron chi connectivity index (χ1n) is 11.9. The molecule has 2 unspecified atom stereocenters. The Hall–Kier alpha value is -2.37. The molecule has 0 radical (unpaired) electrons. The molecule has 2 aromatic rings. The van der Waals surface area contributed by atoms with E-state index in [1.165, 1.54) is 16.0 Å². The maximum Gasteiger partial charge on any atom is 0.237 e. The number of hydrogen-bond acceptors (Lipinski definition) is 6. The van der Waals surface area contributed by atoms with Gasteiger partial charge in [0.2, 0.25) is 5.91 Å². The quantitative estimate of drug-likeness (QED) is 0.368. The second-order valence-electron chi connectivity index (χ2n) is 8.89. The van der Waals surface area contributed by atoms with Crippen molar-refractivity contribution >= 4 is 17.2 Å². The first-order chi connectivity index (χ1) is 16.4. The third-order valence-electron chi connectivity index (χ3n) is 6.14. The summed E-state index contributed by atoms with van der Waals surface area (Å²) in [4.78, 5) is 18.6. The molecule has 0 saturated heterocycles. The van der Waals surface area contributed by atoms with Gasteiger partial charge in [-0.2, -0.15) is 0 Å². The van der Waals surface area contributed by atoms with Crippen LogP contribution in [-0.2, 0) is 16.0 Å². The van der Waals surface area contributed by atoms with E-state index >= 15 is 0 Å². The van der Waals surface area contributed by atoms with Crippen LogP contribution in [0.5, 0.6) is 5.75 Å². The Balaban J connectivity index is 1.65. The Kier molecular flexibility index (Phi) is 9.97. The predicted octanol–water partition coefficient (Wildman–Crippen LogP) is 3.71. The summed E-state index contributed by atoms with van der Waals surface area (Å²) in [5.74, 6) is 3.71. The fourth-order valence-electron chi connectivity index (χ4n) is 4.19. The second kappa shape index (κ2) is 12.9. The minimum atomic E-state index is -0.695. The molecule has 3 rings (SSSR count). The van der Waals surface area contributed by atoms with Crippen molar-refractivity contribution in [3.8, 4) is 18.1 Å². The second-order valence-corrected chi connectivity index (χ2v) is 9.89. The molecule has 7 heteroatoms. The molecule has 0 bridgehead atoms. The summed E-state index contributed by atoms with van der Waals surface area (Å²) in [7, 11) is 0. The van der Waals surface area contributed by atoms with Gasteiger partial charge in [0.05, 0.1) is 25.3 Å². The van der Waals surface area contributed by atoms with Crippen LogP contribution in [0.15, 0.2) is 35.7 Å². The van der Waals surface area contributed by atoms with Gasteiger partial charge in [0.15, 0.2) is 0 Å². The van der Waals surface area contributed by atoms with Crippen LogP contribution in [0.3, 0.4) is 0 Å². The van der Waals surface area contributed by atoms with E-state index in [-0.39, 0.29) is 31.7 Å². The van der Waals surface area contributed by atoms with Crippen molar-refractivity contribution in [1.82, 2.24) is 9.80 Å². The van der Waals surface area contributed by atoms with Gasteiger partial charge in [-0.15, -0.1) is 17.8 Å². The first-order valence-corrected chi connectivity index (χ1v) is 12.8. The smallest absolute Gasteiger partial charge is 0.237 e. The standard InChI is InChI=1S/C27H36N2O4S/c1-5-14-32-18-22(30)16-28(6-2)17-27(31)29-13-11-26-24(12-15-34-26)25(29)19-33-23-9-7-21(8-10-23)20(3)4/h1,7-10,12,15,20,22,25,30H,6,11,13-14,16-19H2,2-4H3. The van der Waals surface area contributed by atoms with E-state index in [1.807, 2.05) is 28.9 Å². The number of nitrogens with zero attached hydrogens (tertiary/aromatic N) is 2. The zero-order valence-corrected chi connectivity index (χ0v) is 21.2. The fraction of sp³-hybridized carbons (Fsp3) is 0.519. The van der Waals surface area contributed by atoms with E-state index in [0.717, 1.165) is 12.2 Å². The number of benzene rings is 1. The number of amides is 1. The molecule has 1 N–H and O–H groups in total. The van der Waals surface area contributed by atoms with Crippen LogP contribution in [0.1, 0.15) is 48.7 Å².